The quantitative estimate of drug-likeness (QED) is 0.330. The van der Waals surface area contributed by atoms with Crippen LogP contribution in [0.2, 0.25) is 0 Å². The molecule has 0 unspecified atom stereocenters. The number of para-hydroxylation sites is 1. The summed E-state index contributed by atoms with van der Waals surface area (Å²) in [6, 6.07) is 14.2. The van der Waals surface area contributed by atoms with Crippen molar-refractivity contribution < 1.29 is 0 Å². The lowest BCUT2D eigenvalue weighted by Gasteiger charge is -2.11. The van der Waals surface area contributed by atoms with E-state index in [4.69, 9.17) is 5.73 Å². The van der Waals surface area contributed by atoms with Crippen LogP contribution in [0.1, 0.15) is 5.56 Å². The fraction of sp³-hybridized carbons (Fsp3) is 0.143. The lowest BCUT2D eigenvalue weighted by Crippen LogP contribution is -2.31. The number of hydrogen-bond acceptors (Lipinski definition) is 6. The second kappa shape index (κ2) is 7.47. The number of nitrogens with two attached hydrogens (primary N) is 1. The van der Waals surface area contributed by atoms with Crippen LogP contribution in [0.5, 0.6) is 0 Å². The number of fused-ring (bicyclic) bond motifs is 2. The van der Waals surface area contributed by atoms with E-state index in [-0.39, 0.29) is 10.9 Å². The first-order valence-corrected chi connectivity index (χ1v) is 10.9. The van der Waals surface area contributed by atoms with Crippen LogP contribution < -0.4 is 15.9 Å². The van der Waals surface area contributed by atoms with Crippen LogP contribution in [0.15, 0.2) is 59.7 Å². The van der Waals surface area contributed by atoms with Gasteiger partial charge in [-0.2, -0.15) is 0 Å². The molecule has 0 saturated carbocycles. The van der Waals surface area contributed by atoms with E-state index in [1.807, 2.05) is 42.7 Å². The van der Waals surface area contributed by atoms with Gasteiger partial charge in [0.2, 0.25) is 0 Å². The van der Waals surface area contributed by atoms with Gasteiger partial charge < -0.3 is 21.0 Å². The number of nitrogens with zero attached hydrogens (tertiary/aromatic N) is 1. The average molecular weight is 422 g/mol. The fourth-order valence-electron chi connectivity index (χ4n) is 3.46. The number of aromatic amines is 2. The first kappa shape index (κ1) is 18.1. The summed E-state index contributed by atoms with van der Waals surface area (Å²) in [5.74, 6) is 0. The molecule has 146 valence electrons. The maximum Gasteiger partial charge on any atom is 0.305 e. The van der Waals surface area contributed by atoms with Crippen LogP contribution in [0.25, 0.3) is 31.6 Å². The smallest absolute Gasteiger partial charge is 0.305 e. The number of benzene rings is 2. The van der Waals surface area contributed by atoms with Gasteiger partial charge in [-0.25, -0.2) is 4.98 Å². The Morgan fingerprint density at radius 1 is 1.14 bits per heavy atom. The molecule has 3 aromatic heterocycles. The van der Waals surface area contributed by atoms with Gasteiger partial charge in [0.05, 0.1) is 15.1 Å². The summed E-state index contributed by atoms with van der Waals surface area (Å²) < 4.78 is 0.955. The third kappa shape index (κ3) is 3.69. The van der Waals surface area contributed by atoms with Gasteiger partial charge in [-0.1, -0.05) is 46.9 Å². The van der Waals surface area contributed by atoms with Crippen LogP contribution in [0.3, 0.4) is 0 Å². The number of H-pyrrole nitrogens is 2. The molecule has 0 radical (unpaired) electrons. The highest BCUT2D eigenvalue weighted by atomic mass is 32.1. The fourth-order valence-corrected chi connectivity index (χ4v) is 5.06. The number of anilines is 1. The SMILES string of the molecule is N[C@@H](CNc1ncc(-c2ccc3[nH]c(=O)sc3c2)s1)Cc1c[nH]c2ccccc12. The van der Waals surface area contributed by atoms with Crippen LogP contribution in [-0.2, 0) is 6.42 Å². The first-order chi connectivity index (χ1) is 14.2. The molecule has 3 heterocycles. The highest BCUT2D eigenvalue weighted by Crippen LogP contribution is 2.31. The van der Waals surface area contributed by atoms with E-state index in [1.165, 1.54) is 22.3 Å². The number of hydrogen-bond donors (Lipinski definition) is 4. The van der Waals surface area contributed by atoms with Gasteiger partial charge >= 0.3 is 4.87 Å². The van der Waals surface area contributed by atoms with Gasteiger partial charge in [0, 0.05) is 35.9 Å². The highest BCUT2D eigenvalue weighted by Gasteiger charge is 2.11. The minimum absolute atomic E-state index is 0.0185. The van der Waals surface area contributed by atoms with Gasteiger partial charge in [0.25, 0.3) is 0 Å². The van der Waals surface area contributed by atoms with Crippen molar-refractivity contribution in [2.45, 2.75) is 12.5 Å². The predicted octanol–water partition coefficient (Wildman–Crippen LogP) is 4.18. The molecule has 5 N–H and O–H groups in total. The summed E-state index contributed by atoms with van der Waals surface area (Å²) in [7, 11) is 0. The molecule has 0 spiro atoms. The van der Waals surface area contributed by atoms with E-state index in [2.05, 4.69) is 32.4 Å². The molecule has 0 aliphatic heterocycles. The van der Waals surface area contributed by atoms with E-state index in [0.29, 0.717) is 6.54 Å². The predicted molar refractivity (Wildman–Crippen MR) is 122 cm³/mol. The van der Waals surface area contributed by atoms with Crippen molar-refractivity contribution in [3.8, 4) is 10.4 Å². The molecule has 0 saturated heterocycles. The first-order valence-electron chi connectivity index (χ1n) is 9.29. The molecule has 5 rings (SSSR count). The van der Waals surface area contributed by atoms with Crippen molar-refractivity contribution in [2.75, 3.05) is 11.9 Å². The Hall–Kier alpha value is -2.94. The zero-order chi connectivity index (χ0) is 19.8. The maximum absolute atomic E-state index is 11.5. The minimum atomic E-state index is -0.0343. The highest BCUT2D eigenvalue weighted by molar-refractivity contribution is 7.19. The molecule has 2 aromatic carbocycles. The number of rotatable bonds is 6. The number of nitrogens with one attached hydrogen (secondary N) is 3. The second-order valence-electron chi connectivity index (χ2n) is 6.96. The Labute approximate surface area is 174 Å². The summed E-state index contributed by atoms with van der Waals surface area (Å²) in [4.78, 5) is 23.1. The zero-order valence-electron chi connectivity index (χ0n) is 15.4. The van der Waals surface area contributed by atoms with Gasteiger partial charge in [-0.05, 0) is 35.7 Å². The summed E-state index contributed by atoms with van der Waals surface area (Å²) in [6.45, 7) is 0.644. The molecule has 5 aromatic rings. The molecule has 0 amide bonds. The molecular weight excluding hydrogens is 402 g/mol. The zero-order valence-corrected chi connectivity index (χ0v) is 17.1. The topological polar surface area (TPSA) is 99.6 Å². The van der Waals surface area contributed by atoms with E-state index < -0.39 is 0 Å². The third-order valence-corrected chi connectivity index (χ3v) is 6.73. The normalized spacial score (nSPS) is 12.6. The van der Waals surface area contributed by atoms with E-state index >= 15 is 0 Å². The standard InChI is InChI=1S/C21H19N5OS2/c22-14(7-13-9-23-16-4-2-1-3-15(13)16)10-24-20-25-11-19(28-20)12-5-6-17-18(8-12)29-21(27)26-17/h1-6,8-9,11,14,23H,7,10,22H2,(H,24,25)(H,26,27)/t14-/m1/s1. The second-order valence-corrected chi connectivity index (χ2v) is 9.01. The molecule has 0 bridgehead atoms. The Balaban J connectivity index is 1.25. The van der Waals surface area contributed by atoms with Crippen molar-refractivity contribution in [2.24, 2.45) is 5.73 Å². The Bertz CT molecular complexity index is 1350. The average Bonchev–Trinajstić information content (AvgIpc) is 3.44. The van der Waals surface area contributed by atoms with Crippen molar-refractivity contribution >= 4 is 48.9 Å². The van der Waals surface area contributed by atoms with Crippen LogP contribution in [0.4, 0.5) is 5.13 Å². The summed E-state index contributed by atoms with van der Waals surface area (Å²) in [5.41, 5.74) is 10.6. The molecular formula is C21H19N5OS2. The van der Waals surface area contributed by atoms with Crippen molar-refractivity contribution in [3.63, 3.8) is 0 Å². The summed E-state index contributed by atoms with van der Waals surface area (Å²) in [6.07, 6.45) is 4.69. The van der Waals surface area contributed by atoms with Crippen LogP contribution >= 0.6 is 22.7 Å². The molecule has 6 nitrogen and oxygen atoms in total. The molecule has 1 atom stereocenters. The Kier molecular flexibility index (Phi) is 4.67. The molecule has 29 heavy (non-hydrogen) atoms. The third-order valence-electron chi connectivity index (χ3n) is 4.88. The monoisotopic (exact) mass is 421 g/mol. The molecule has 0 aliphatic carbocycles. The Morgan fingerprint density at radius 3 is 2.97 bits per heavy atom. The maximum atomic E-state index is 11.5. The van der Waals surface area contributed by atoms with E-state index in [0.717, 1.165) is 37.7 Å². The van der Waals surface area contributed by atoms with Gasteiger partial charge in [-0.3, -0.25) is 4.79 Å². The van der Waals surface area contributed by atoms with Crippen molar-refractivity contribution in [1.82, 2.24) is 15.0 Å². The van der Waals surface area contributed by atoms with Crippen molar-refractivity contribution in [3.05, 3.63) is 70.1 Å². The lowest BCUT2D eigenvalue weighted by molar-refractivity contribution is 0.702. The number of thiazole rings is 2. The van der Waals surface area contributed by atoms with Gasteiger partial charge in [0.1, 0.15) is 0 Å². The lowest BCUT2D eigenvalue weighted by atomic mass is 10.1. The van der Waals surface area contributed by atoms with E-state index in [1.54, 1.807) is 11.3 Å². The summed E-state index contributed by atoms with van der Waals surface area (Å²) in [5, 5.41) is 5.42. The summed E-state index contributed by atoms with van der Waals surface area (Å²) >= 11 is 2.81. The molecule has 0 aliphatic rings. The van der Waals surface area contributed by atoms with Crippen LogP contribution in [0, 0.1) is 0 Å². The minimum Gasteiger partial charge on any atom is -0.361 e. The van der Waals surface area contributed by atoms with Gasteiger partial charge in [-0.15, -0.1) is 0 Å². The molecule has 0 fully saturated rings. The Morgan fingerprint density at radius 2 is 2.03 bits per heavy atom. The largest absolute Gasteiger partial charge is 0.361 e. The van der Waals surface area contributed by atoms with E-state index in [9.17, 15) is 4.79 Å². The van der Waals surface area contributed by atoms with Gasteiger partial charge in [0.15, 0.2) is 5.13 Å². The number of aromatic nitrogens is 3. The van der Waals surface area contributed by atoms with Crippen molar-refractivity contribution in [1.29, 1.82) is 0 Å². The molecule has 8 heteroatoms. The van der Waals surface area contributed by atoms with Crippen LogP contribution in [-0.4, -0.2) is 27.5 Å².